The minimum absolute atomic E-state index is 0.0325. The molecule has 0 bridgehead atoms. The van der Waals surface area contributed by atoms with E-state index in [0.717, 1.165) is 33.3 Å². The van der Waals surface area contributed by atoms with Gasteiger partial charge in [-0.2, -0.15) is 0 Å². The number of rotatable bonds is 2. The lowest BCUT2D eigenvalue weighted by atomic mass is 9.95. The number of amides is 1. The van der Waals surface area contributed by atoms with Crippen LogP contribution in [-0.2, 0) is 0 Å². The van der Waals surface area contributed by atoms with Gasteiger partial charge in [-0.1, -0.05) is 72.8 Å². The lowest BCUT2D eigenvalue weighted by Gasteiger charge is -2.17. The van der Waals surface area contributed by atoms with Crippen molar-refractivity contribution in [3.05, 3.63) is 106 Å². The molecule has 0 spiro atoms. The second-order valence-corrected chi connectivity index (χ2v) is 6.51. The molecule has 4 aromatic rings. The molecule has 5 nitrogen and oxygen atoms in total. The van der Waals surface area contributed by atoms with Gasteiger partial charge in [0.05, 0.1) is 22.8 Å². The Balaban J connectivity index is 1.94. The van der Waals surface area contributed by atoms with Gasteiger partial charge in [0, 0.05) is 15.9 Å². The van der Waals surface area contributed by atoms with Gasteiger partial charge < -0.3 is 4.57 Å². The van der Waals surface area contributed by atoms with Crippen molar-refractivity contribution >= 4 is 16.8 Å². The zero-order valence-corrected chi connectivity index (χ0v) is 14.3. The first-order valence-corrected chi connectivity index (χ1v) is 8.68. The molecule has 1 aromatic heterocycles. The molecule has 5 rings (SSSR count). The van der Waals surface area contributed by atoms with Crippen molar-refractivity contribution in [1.82, 2.24) is 4.57 Å². The topological polar surface area (TPSA) is 70.8 Å². The molecule has 0 saturated heterocycles. The minimum Gasteiger partial charge on any atom is -0.328 e. The third-order valence-corrected chi connectivity index (χ3v) is 5.14. The Bertz CT molecular complexity index is 1250. The number of fused-ring (bicyclic) bond motifs is 5. The Hall–Kier alpha value is -3.82. The molecule has 3 aromatic carbocycles. The van der Waals surface area contributed by atoms with Crippen molar-refractivity contribution in [1.29, 1.82) is 0 Å². The van der Waals surface area contributed by atoms with Gasteiger partial charge in [-0.15, -0.1) is 0 Å². The van der Waals surface area contributed by atoms with E-state index in [-0.39, 0.29) is 6.04 Å². The maximum absolute atomic E-state index is 12.7. The Morgan fingerprint density at radius 3 is 2.44 bits per heavy atom. The van der Waals surface area contributed by atoms with Crippen LogP contribution in [0, 0.1) is 0 Å². The van der Waals surface area contributed by atoms with E-state index < -0.39 is 5.91 Å². The number of nitrogens with zero attached hydrogens (tertiary/aromatic N) is 4. The first kappa shape index (κ1) is 15.4. The fourth-order valence-electron chi connectivity index (χ4n) is 4.16. The van der Waals surface area contributed by atoms with Crippen LogP contribution in [0.4, 0.5) is 0 Å². The first-order chi connectivity index (χ1) is 13.3. The van der Waals surface area contributed by atoms with Crippen molar-refractivity contribution in [2.24, 2.45) is 5.11 Å². The molecule has 2 heterocycles. The van der Waals surface area contributed by atoms with Gasteiger partial charge >= 0.3 is 0 Å². The van der Waals surface area contributed by atoms with Crippen LogP contribution < -0.4 is 0 Å². The molecule has 128 valence electrons. The van der Waals surface area contributed by atoms with E-state index in [0.29, 0.717) is 5.56 Å². The van der Waals surface area contributed by atoms with Crippen LogP contribution in [0.3, 0.4) is 0 Å². The summed E-state index contributed by atoms with van der Waals surface area (Å²) in [5.41, 5.74) is 14.3. The monoisotopic (exact) mass is 350 g/mol. The number of hydrogen-bond acceptors (Lipinski definition) is 1. The second kappa shape index (κ2) is 5.87. The third kappa shape index (κ3) is 2.13. The molecule has 0 fully saturated rings. The summed E-state index contributed by atoms with van der Waals surface area (Å²) in [6.07, 6.45) is 0. The fraction of sp³-hybridized carbons (Fsp3) is 0.0455. The van der Waals surface area contributed by atoms with Crippen LogP contribution in [0.25, 0.3) is 32.6 Å². The number of benzene rings is 3. The number of azide groups is 1. The second-order valence-electron chi connectivity index (χ2n) is 6.51. The van der Waals surface area contributed by atoms with E-state index in [4.69, 9.17) is 5.53 Å². The van der Waals surface area contributed by atoms with Gasteiger partial charge in [0.15, 0.2) is 0 Å². The molecule has 0 radical (unpaired) electrons. The molecule has 1 aliphatic heterocycles. The number of aromatic nitrogens is 1. The molecule has 1 amide bonds. The lowest BCUT2D eigenvalue weighted by Crippen LogP contribution is -2.07. The highest BCUT2D eigenvalue weighted by Crippen LogP contribution is 2.48. The van der Waals surface area contributed by atoms with Gasteiger partial charge in [0.1, 0.15) is 0 Å². The Kier molecular flexibility index (Phi) is 3.35. The average molecular weight is 350 g/mol. The van der Waals surface area contributed by atoms with E-state index in [1.54, 1.807) is 0 Å². The first-order valence-electron chi connectivity index (χ1n) is 8.68. The largest absolute Gasteiger partial charge is 0.328 e. The standard InChI is InChI=1S/C22H14N4O/c23-25-24-22(27)19-17-12-6-7-13-18(17)26-20(14-8-2-1-3-9-14)15-10-4-5-11-16(15)21(19)26/h1-13,20H. The third-order valence-electron chi connectivity index (χ3n) is 5.14. The SMILES string of the molecule is [N-]=[N+]=NC(=O)c1c2n(c3ccccc13)C(c1ccccc1)c1ccccc1-2. The summed E-state index contributed by atoms with van der Waals surface area (Å²) in [6.45, 7) is 0. The van der Waals surface area contributed by atoms with Crippen molar-refractivity contribution < 1.29 is 4.79 Å². The molecule has 1 atom stereocenters. The van der Waals surface area contributed by atoms with Crippen LogP contribution in [-0.4, -0.2) is 10.5 Å². The highest BCUT2D eigenvalue weighted by Gasteiger charge is 2.35. The van der Waals surface area contributed by atoms with Gasteiger partial charge in [-0.25, -0.2) is 0 Å². The van der Waals surface area contributed by atoms with Crippen LogP contribution >= 0.6 is 0 Å². The van der Waals surface area contributed by atoms with Crippen molar-refractivity contribution in [2.45, 2.75) is 6.04 Å². The molecule has 0 N–H and O–H groups in total. The van der Waals surface area contributed by atoms with Crippen molar-refractivity contribution in [3.63, 3.8) is 0 Å². The lowest BCUT2D eigenvalue weighted by molar-refractivity contribution is 0.100. The van der Waals surface area contributed by atoms with Crippen LogP contribution in [0.15, 0.2) is 84.0 Å². The van der Waals surface area contributed by atoms with Crippen LogP contribution in [0.1, 0.15) is 27.5 Å². The van der Waals surface area contributed by atoms with E-state index >= 15 is 0 Å². The molecule has 1 unspecified atom stereocenters. The smallest absolute Gasteiger partial charge is 0.251 e. The zero-order chi connectivity index (χ0) is 18.4. The Morgan fingerprint density at radius 1 is 0.926 bits per heavy atom. The summed E-state index contributed by atoms with van der Waals surface area (Å²) in [7, 11) is 0. The zero-order valence-electron chi connectivity index (χ0n) is 14.3. The average Bonchev–Trinajstić information content (AvgIpc) is 3.22. The predicted molar refractivity (Wildman–Crippen MR) is 105 cm³/mol. The molecule has 0 aliphatic carbocycles. The number of hydrogen-bond donors (Lipinski definition) is 0. The van der Waals surface area contributed by atoms with E-state index in [1.165, 1.54) is 0 Å². The fourth-order valence-corrected chi connectivity index (χ4v) is 4.16. The summed E-state index contributed by atoms with van der Waals surface area (Å²) in [4.78, 5) is 15.4. The normalized spacial score (nSPS) is 14.4. The summed E-state index contributed by atoms with van der Waals surface area (Å²) in [6, 6.07) is 26.1. The van der Waals surface area contributed by atoms with Crippen LogP contribution in [0.5, 0.6) is 0 Å². The highest BCUT2D eigenvalue weighted by atomic mass is 16.1. The van der Waals surface area contributed by atoms with E-state index in [9.17, 15) is 4.79 Å². The minimum atomic E-state index is -0.550. The van der Waals surface area contributed by atoms with E-state index in [1.807, 2.05) is 60.7 Å². The van der Waals surface area contributed by atoms with Crippen molar-refractivity contribution in [2.75, 3.05) is 0 Å². The predicted octanol–water partition coefficient (Wildman–Crippen LogP) is 5.71. The highest BCUT2D eigenvalue weighted by molar-refractivity contribution is 6.14. The molecule has 27 heavy (non-hydrogen) atoms. The Labute approximate surface area is 155 Å². The molecular weight excluding hydrogens is 336 g/mol. The maximum atomic E-state index is 12.7. The summed E-state index contributed by atoms with van der Waals surface area (Å²) >= 11 is 0. The van der Waals surface area contributed by atoms with Gasteiger partial charge in [0.2, 0.25) is 0 Å². The quantitative estimate of drug-likeness (QED) is 0.228. The molecule has 0 saturated carbocycles. The number of carbonyl (C=O) groups excluding carboxylic acids is 1. The van der Waals surface area contributed by atoms with Gasteiger partial charge in [0.25, 0.3) is 5.91 Å². The van der Waals surface area contributed by atoms with Crippen LogP contribution in [0.2, 0.25) is 0 Å². The summed E-state index contributed by atoms with van der Waals surface area (Å²) in [5, 5.41) is 4.20. The van der Waals surface area contributed by atoms with E-state index in [2.05, 4.69) is 32.8 Å². The molecule has 1 aliphatic rings. The van der Waals surface area contributed by atoms with Gasteiger partial charge in [-0.3, -0.25) is 4.79 Å². The maximum Gasteiger partial charge on any atom is 0.251 e. The molecular formula is C22H14N4O. The van der Waals surface area contributed by atoms with Gasteiger partial charge in [-0.05, 0) is 27.8 Å². The Morgan fingerprint density at radius 2 is 1.63 bits per heavy atom. The summed E-state index contributed by atoms with van der Waals surface area (Å²) in [5.74, 6) is -0.550. The number of carbonyl (C=O) groups is 1. The number of para-hydroxylation sites is 1. The van der Waals surface area contributed by atoms with Crippen molar-refractivity contribution in [3.8, 4) is 11.3 Å². The molecule has 5 heteroatoms. The summed E-state index contributed by atoms with van der Waals surface area (Å²) < 4.78 is 2.19.